The van der Waals surface area contributed by atoms with Gasteiger partial charge in [-0.15, -0.1) is 0 Å². The van der Waals surface area contributed by atoms with Gasteiger partial charge in [0.05, 0.1) is 11.1 Å². The van der Waals surface area contributed by atoms with Gasteiger partial charge in [0.15, 0.2) is 17.1 Å². The minimum atomic E-state index is -0.493. The van der Waals surface area contributed by atoms with Gasteiger partial charge in [-0.2, -0.15) is 5.10 Å². The molecule has 0 fully saturated rings. The first-order chi connectivity index (χ1) is 15.7. The second kappa shape index (κ2) is 6.91. The Hall–Kier alpha value is -4.73. The van der Waals surface area contributed by atoms with Gasteiger partial charge in [-0.05, 0) is 18.2 Å². The van der Waals surface area contributed by atoms with Gasteiger partial charge in [-0.3, -0.25) is 15.1 Å². The maximum atomic E-state index is 15.6. The summed E-state index contributed by atoms with van der Waals surface area (Å²) in [4.78, 5) is 24.7. The molecule has 0 saturated heterocycles. The third kappa shape index (κ3) is 2.77. The molecule has 0 aliphatic carbocycles. The third-order valence-corrected chi connectivity index (χ3v) is 5.18. The number of halogens is 1. The van der Waals surface area contributed by atoms with E-state index in [0.29, 0.717) is 39.6 Å². The number of H-pyrrole nitrogens is 2. The number of anilines is 1. The summed E-state index contributed by atoms with van der Waals surface area (Å²) in [5, 5.41) is 7.27. The van der Waals surface area contributed by atoms with E-state index in [0.717, 1.165) is 11.1 Å². The minimum absolute atomic E-state index is 0.215. The lowest BCUT2D eigenvalue weighted by Crippen LogP contribution is -1.93. The number of nitrogens with one attached hydrogen (secondary N) is 2. The molecule has 0 bridgehead atoms. The third-order valence-electron chi connectivity index (χ3n) is 5.18. The van der Waals surface area contributed by atoms with Gasteiger partial charge in [0.1, 0.15) is 17.0 Å². The molecule has 6 rings (SSSR count). The van der Waals surface area contributed by atoms with Crippen molar-refractivity contribution in [2.45, 2.75) is 0 Å². The molecule has 0 saturated carbocycles. The van der Waals surface area contributed by atoms with E-state index in [1.165, 1.54) is 18.6 Å². The number of nitrogen functional groups attached to an aromatic ring is 1. The molecular weight excluding hydrogens is 409 g/mol. The molecule has 154 valence electrons. The van der Waals surface area contributed by atoms with Crippen molar-refractivity contribution in [3.63, 3.8) is 0 Å². The van der Waals surface area contributed by atoms with Gasteiger partial charge in [-0.1, -0.05) is 6.07 Å². The van der Waals surface area contributed by atoms with E-state index in [-0.39, 0.29) is 10.9 Å². The number of hydrogen-bond donors (Lipinski definition) is 3. The van der Waals surface area contributed by atoms with E-state index < -0.39 is 5.82 Å². The minimum Gasteiger partial charge on any atom is -0.397 e. The van der Waals surface area contributed by atoms with E-state index in [1.807, 2.05) is 18.2 Å². The normalized spacial score (nSPS) is 11.4. The maximum Gasteiger partial charge on any atom is 0.161 e. The second-order valence-corrected chi connectivity index (χ2v) is 7.17. The second-order valence-electron chi connectivity index (χ2n) is 7.17. The van der Waals surface area contributed by atoms with Crippen LogP contribution in [0.25, 0.3) is 56.0 Å². The molecule has 0 unspecified atom stereocenters. The van der Waals surface area contributed by atoms with Crippen LogP contribution in [0.15, 0.2) is 61.4 Å². The highest BCUT2D eigenvalue weighted by molar-refractivity contribution is 5.96. The average molecular weight is 423 g/mol. The monoisotopic (exact) mass is 423 g/mol. The van der Waals surface area contributed by atoms with Crippen molar-refractivity contribution in [1.82, 2.24) is 40.1 Å². The Morgan fingerprint density at radius 2 is 1.78 bits per heavy atom. The van der Waals surface area contributed by atoms with Gasteiger partial charge in [0.25, 0.3) is 0 Å². The lowest BCUT2D eigenvalue weighted by Gasteiger charge is -2.05. The van der Waals surface area contributed by atoms with Crippen LogP contribution >= 0.6 is 0 Å². The molecule has 9 nitrogen and oxygen atoms in total. The van der Waals surface area contributed by atoms with Crippen LogP contribution in [0.4, 0.5) is 10.1 Å². The Morgan fingerprint density at radius 3 is 2.62 bits per heavy atom. The van der Waals surface area contributed by atoms with Crippen molar-refractivity contribution >= 4 is 27.9 Å². The fourth-order valence-electron chi connectivity index (χ4n) is 3.71. The highest BCUT2D eigenvalue weighted by atomic mass is 19.1. The molecule has 6 heterocycles. The van der Waals surface area contributed by atoms with Crippen molar-refractivity contribution in [2.75, 3.05) is 5.73 Å². The first kappa shape index (κ1) is 18.1. The van der Waals surface area contributed by atoms with Gasteiger partial charge >= 0.3 is 0 Å². The zero-order chi connectivity index (χ0) is 21.7. The fraction of sp³-hybridized carbons (Fsp3) is 0. The smallest absolute Gasteiger partial charge is 0.161 e. The van der Waals surface area contributed by atoms with Crippen LogP contribution in [0, 0.1) is 5.82 Å². The molecule has 0 atom stereocenters. The standard InChI is InChI=1S/C22H14FN9/c23-17-15(12-6-13(24)9-26-8-12)10-28-20-16(17)19(31-32-20)22-29-18-14(3-5-27-21(18)30-22)11-2-1-4-25-7-11/h1-10H,24H2,(H,27,29,30)(H,28,31,32). The van der Waals surface area contributed by atoms with E-state index in [4.69, 9.17) is 5.73 Å². The van der Waals surface area contributed by atoms with E-state index in [2.05, 4.69) is 40.1 Å². The summed E-state index contributed by atoms with van der Waals surface area (Å²) in [7, 11) is 0. The summed E-state index contributed by atoms with van der Waals surface area (Å²) < 4.78 is 15.6. The molecule has 6 aromatic rings. The van der Waals surface area contributed by atoms with Crippen molar-refractivity contribution in [3.8, 4) is 33.8 Å². The topological polar surface area (TPSA) is 135 Å². The van der Waals surface area contributed by atoms with Crippen LogP contribution in [0.1, 0.15) is 0 Å². The number of imidazole rings is 1. The molecule has 0 spiro atoms. The largest absolute Gasteiger partial charge is 0.397 e. The molecule has 0 aliphatic rings. The Balaban J connectivity index is 1.55. The molecule has 6 aromatic heterocycles. The number of nitrogens with zero attached hydrogens (tertiary/aromatic N) is 6. The summed E-state index contributed by atoms with van der Waals surface area (Å²) >= 11 is 0. The number of aromatic nitrogens is 8. The fourth-order valence-corrected chi connectivity index (χ4v) is 3.71. The molecule has 0 aromatic carbocycles. The quantitative estimate of drug-likeness (QED) is 0.394. The summed E-state index contributed by atoms with van der Waals surface area (Å²) in [5.74, 6) is -0.120. The number of nitrogens with two attached hydrogens (primary N) is 1. The molecule has 10 heteroatoms. The highest BCUT2D eigenvalue weighted by Gasteiger charge is 2.21. The molecule has 0 radical (unpaired) electrons. The van der Waals surface area contributed by atoms with Gasteiger partial charge in [0, 0.05) is 59.4 Å². The van der Waals surface area contributed by atoms with Crippen molar-refractivity contribution in [2.24, 2.45) is 0 Å². The molecule has 0 aliphatic heterocycles. The van der Waals surface area contributed by atoms with Crippen molar-refractivity contribution in [1.29, 1.82) is 0 Å². The van der Waals surface area contributed by atoms with E-state index in [9.17, 15) is 0 Å². The summed E-state index contributed by atoms with van der Waals surface area (Å²) in [6.07, 6.45) is 9.60. The molecule has 4 N–H and O–H groups in total. The lowest BCUT2D eigenvalue weighted by molar-refractivity contribution is 0.642. The zero-order valence-electron chi connectivity index (χ0n) is 16.4. The number of fused-ring (bicyclic) bond motifs is 2. The van der Waals surface area contributed by atoms with Gasteiger partial charge < -0.3 is 10.7 Å². The average Bonchev–Trinajstić information content (AvgIpc) is 3.44. The van der Waals surface area contributed by atoms with Gasteiger partial charge in [0.2, 0.25) is 0 Å². The predicted molar refractivity (Wildman–Crippen MR) is 118 cm³/mol. The van der Waals surface area contributed by atoms with Crippen molar-refractivity contribution in [3.05, 3.63) is 67.3 Å². The Bertz CT molecular complexity index is 1600. The number of hydrogen-bond acceptors (Lipinski definition) is 7. The summed E-state index contributed by atoms with van der Waals surface area (Å²) in [6, 6.07) is 7.29. The summed E-state index contributed by atoms with van der Waals surface area (Å²) in [5.41, 5.74) is 10.6. The first-order valence-electron chi connectivity index (χ1n) is 9.68. The number of aromatic amines is 2. The van der Waals surface area contributed by atoms with Crippen molar-refractivity contribution < 1.29 is 4.39 Å². The molecular formula is C22H14FN9. The maximum absolute atomic E-state index is 15.6. The molecule has 0 amide bonds. The zero-order valence-corrected chi connectivity index (χ0v) is 16.4. The molecule has 32 heavy (non-hydrogen) atoms. The van der Waals surface area contributed by atoms with Crippen LogP contribution in [0.3, 0.4) is 0 Å². The Morgan fingerprint density at radius 1 is 0.875 bits per heavy atom. The first-order valence-corrected chi connectivity index (χ1v) is 9.68. The Kier molecular flexibility index (Phi) is 3.90. The van der Waals surface area contributed by atoms with Crippen LogP contribution in [-0.2, 0) is 0 Å². The van der Waals surface area contributed by atoms with Gasteiger partial charge in [-0.25, -0.2) is 19.3 Å². The Labute approximate surface area is 179 Å². The SMILES string of the molecule is Nc1cncc(-c2cnc3[nH]nc(-c4nc5c(-c6cccnc6)ccnc5[nH]4)c3c2F)c1. The van der Waals surface area contributed by atoms with E-state index in [1.54, 1.807) is 24.7 Å². The highest BCUT2D eigenvalue weighted by Crippen LogP contribution is 2.34. The predicted octanol–water partition coefficient (Wildman–Crippen LogP) is 3.74. The van der Waals surface area contributed by atoms with Crippen LogP contribution in [0.5, 0.6) is 0 Å². The number of rotatable bonds is 3. The summed E-state index contributed by atoms with van der Waals surface area (Å²) in [6.45, 7) is 0. The van der Waals surface area contributed by atoms with Crippen LogP contribution in [-0.4, -0.2) is 40.1 Å². The lowest BCUT2D eigenvalue weighted by atomic mass is 10.1. The van der Waals surface area contributed by atoms with Crippen LogP contribution < -0.4 is 5.73 Å². The van der Waals surface area contributed by atoms with Crippen LogP contribution in [0.2, 0.25) is 0 Å². The number of pyridine rings is 4. The van der Waals surface area contributed by atoms with E-state index >= 15 is 4.39 Å².